The number of hydrogen-bond acceptors (Lipinski definition) is 7. The lowest BCUT2D eigenvalue weighted by Gasteiger charge is -2.23. The number of pyridine rings is 1. The second-order valence-electron chi connectivity index (χ2n) is 7.86. The van der Waals surface area contributed by atoms with Crippen molar-refractivity contribution >= 4 is 39.1 Å². The quantitative estimate of drug-likeness (QED) is 0.652. The standard InChI is InChI=1S/C21H25N5S2/c1-25(2)15-11-26(12-17(15)27-3)20-18-14-7-4-8-16(14)28-21(18)24-19(23-20)13-6-5-9-22-10-13/h5-6,9-10,15,17H,4,7-8,11-12H2,1-3H3. The van der Waals surface area contributed by atoms with Crippen LogP contribution in [0.1, 0.15) is 16.9 Å². The minimum Gasteiger partial charge on any atom is -0.353 e. The molecule has 1 saturated heterocycles. The minimum atomic E-state index is 0.536. The number of thioether (sulfide) groups is 1. The van der Waals surface area contributed by atoms with Crippen LogP contribution in [0.3, 0.4) is 0 Å². The number of hydrogen-bond donors (Lipinski definition) is 0. The first-order valence-electron chi connectivity index (χ1n) is 9.82. The summed E-state index contributed by atoms with van der Waals surface area (Å²) in [6, 6.07) is 4.54. The molecule has 3 aromatic heterocycles. The van der Waals surface area contributed by atoms with Crippen LogP contribution < -0.4 is 4.90 Å². The first-order chi connectivity index (χ1) is 13.7. The smallest absolute Gasteiger partial charge is 0.164 e. The van der Waals surface area contributed by atoms with Crippen molar-refractivity contribution in [1.29, 1.82) is 0 Å². The molecular weight excluding hydrogens is 386 g/mol. The zero-order valence-corrected chi connectivity index (χ0v) is 18.2. The molecule has 0 N–H and O–H groups in total. The Bertz CT molecular complexity index is 1000. The first kappa shape index (κ1) is 18.3. The number of rotatable bonds is 4. The molecule has 3 aromatic rings. The highest BCUT2D eigenvalue weighted by Gasteiger charge is 2.36. The van der Waals surface area contributed by atoms with Crippen molar-refractivity contribution in [1.82, 2.24) is 19.9 Å². The molecule has 0 spiro atoms. The third-order valence-electron chi connectivity index (χ3n) is 5.97. The van der Waals surface area contributed by atoms with Gasteiger partial charge >= 0.3 is 0 Å². The number of nitrogens with zero attached hydrogens (tertiary/aromatic N) is 5. The highest BCUT2D eigenvalue weighted by atomic mass is 32.2. The Morgan fingerprint density at radius 3 is 2.82 bits per heavy atom. The summed E-state index contributed by atoms with van der Waals surface area (Å²) < 4.78 is 0. The highest BCUT2D eigenvalue weighted by molar-refractivity contribution is 7.99. The Balaban J connectivity index is 1.66. The first-order valence-corrected chi connectivity index (χ1v) is 11.9. The molecule has 2 unspecified atom stereocenters. The molecule has 2 atom stereocenters. The lowest BCUT2D eigenvalue weighted by Crippen LogP contribution is -2.36. The summed E-state index contributed by atoms with van der Waals surface area (Å²) in [4.78, 5) is 21.9. The Morgan fingerprint density at radius 2 is 2.11 bits per heavy atom. The Hall–Kier alpha value is -1.70. The summed E-state index contributed by atoms with van der Waals surface area (Å²) in [7, 11) is 4.38. The number of aryl methyl sites for hydroxylation is 2. The third kappa shape index (κ3) is 3.00. The summed E-state index contributed by atoms with van der Waals surface area (Å²) in [5, 5.41) is 1.90. The average molecular weight is 412 g/mol. The lowest BCUT2D eigenvalue weighted by molar-refractivity contribution is 0.320. The van der Waals surface area contributed by atoms with E-state index in [4.69, 9.17) is 9.97 Å². The van der Waals surface area contributed by atoms with Gasteiger partial charge < -0.3 is 9.80 Å². The highest BCUT2D eigenvalue weighted by Crippen LogP contribution is 2.42. The van der Waals surface area contributed by atoms with Crippen LogP contribution in [0.25, 0.3) is 21.6 Å². The maximum Gasteiger partial charge on any atom is 0.164 e. The van der Waals surface area contributed by atoms with Gasteiger partial charge in [-0.05, 0) is 57.3 Å². The van der Waals surface area contributed by atoms with Crippen LogP contribution in [-0.4, -0.2) is 64.6 Å². The average Bonchev–Trinajstić information content (AvgIpc) is 3.41. The molecule has 5 nitrogen and oxygen atoms in total. The minimum absolute atomic E-state index is 0.536. The molecule has 7 heteroatoms. The zero-order valence-electron chi connectivity index (χ0n) is 16.6. The molecule has 28 heavy (non-hydrogen) atoms. The van der Waals surface area contributed by atoms with Gasteiger partial charge in [-0.25, -0.2) is 9.97 Å². The van der Waals surface area contributed by atoms with E-state index >= 15 is 0 Å². The van der Waals surface area contributed by atoms with Crippen molar-refractivity contribution in [3.63, 3.8) is 0 Å². The van der Waals surface area contributed by atoms with E-state index in [1.165, 1.54) is 28.7 Å². The summed E-state index contributed by atoms with van der Waals surface area (Å²) in [6.07, 6.45) is 9.50. The number of anilines is 1. The molecule has 0 radical (unpaired) electrons. The van der Waals surface area contributed by atoms with E-state index in [-0.39, 0.29) is 0 Å². The summed E-state index contributed by atoms with van der Waals surface area (Å²) in [5.74, 6) is 1.93. The summed E-state index contributed by atoms with van der Waals surface area (Å²) in [5.41, 5.74) is 2.49. The second-order valence-corrected chi connectivity index (χ2v) is 10.0. The Kier molecular flexibility index (Phi) is 4.77. The van der Waals surface area contributed by atoms with Crippen molar-refractivity contribution in [3.05, 3.63) is 35.0 Å². The van der Waals surface area contributed by atoms with Crippen LogP contribution >= 0.6 is 23.1 Å². The van der Waals surface area contributed by atoms with Crippen LogP contribution in [0, 0.1) is 0 Å². The maximum absolute atomic E-state index is 5.12. The van der Waals surface area contributed by atoms with Crippen LogP contribution in [-0.2, 0) is 12.8 Å². The van der Waals surface area contributed by atoms with Crippen molar-refractivity contribution in [2.24, 2.45) is 0 Å². The molecule has 1 aliphatic carbocycles. The van der Waals surface area contributed by atoms with Gasteiger partial charge in [-0.3, -0.25) is 4.98 Å². The van der Waals surface area contributed by atoms with Gasteiger partial charge in [0.1, 0.15) is 10.6 Å². The molecule has 1 fully saturated rings. The van der Waals surface area contributed by atoms with E-state index in [2.05, 4.69) is 41.2 Å². The normalized spacial score (nSPS) is 21.8. The van der Waals surface area contributed by atoms with Gasteiger partial charge in [0.15, 0.2) is 5.82 Å². The van der Waals surface area contributed by atoms with Gasteiger partial charge in [0.05, 0.1) is 5.39 Å². The van der Waals surface area contributed by atoms with E-state index in [0.29, 0.717) is 11.3 Å². The largest absolute Gasteiger partial charge is 0.353 e. The van der Waals surface area contributed by atoms with Crippen LogP contribution in [0.5, 0.6) is 0 Å². The van der Waals surface area contributed by atoms with Gasteiger partial charge in [-0.15, -0.1) is 11.3 Å². The lowest BCUT2D eigenvalue weighted by atomic mass is 10.1. The van der Waals surface area contributed by atoms with E-state index in [0.717, 1.165) is 41.5 Å². The van der Waals surface area contributed by atoms with Gasteiger partial charge in [-0.2, -0.15) is 11.8 Å². The number of aromatic nitrogens is 3. The number of thiophene rings is 1. The number of fused-ring (bicyclic) bond motifs is 3. The SMILES string of the molecule is CSC1CN(c2nc(-c3cccnc3)nc3sc4c(c23)CCC4)CC1N(C)C. The molecule has 4 heterocycles. The molecule has 2 aliphatic rings. The van der Waals surface area contributed by atoms with E-state index in [1.807, 2.05) is 35.4 Å². The fourth-order valence-electron chi connectivity index (χ4n) is 4.49. The monoisotopic (exact) mass is 411 g/mol. The van der Waals surface area contributed by atoms with E-state index < -0.39 is 0 Å². The maximum atomic E-state index is 5.12. The molecular formula is C21H25N5S2. The van der Waals surface area contributed by atoms with Gasteiger partial charge in [0.2, 0.25) is 0 Å². The Morgan fingerprint density at radius 1 is 1.21 bits per heavy atom. The predicted octanol–water partition coefficient (Wildman–Crippen LogP) is 3.72. The topological polar surface area (TPSA) is 45.2 Å². The van der Waals surface area contributed by atoms with E-state index in [1.54, 1.807) is 6.20 Å². The Labute approximate surface area is 174 Å². The third-order valence-corrected chi connectivity index (χ3v) is 8.22. The zero-order chi connectivity index (χ0) is 19.3. The van der Waals surface area contributed by atoms with Crippen molar-refractivity contribution in [2.75, 3.05) is 38.3 Å². The van der Waals surface area contributed by atoms with Crippen LogP contribution in [0.15, 0.2) is 24.5 Å². The molecule has 0 bridgehead atoms. The fourth-order valence-corrected chi connectivity index (χ4v) is 6.72. The molecule has 0 saturated carbocycles. The second kappa shape index (κ2) is 7.28. The van der Waals surface area contributed by atoms with Gasteiger partial charge in [-0.1, -0.05) is 0 Å². The molecule has 0 aromatic carbocycles. The van der Waals surface area contributed by atoms with Gasteiger partial charge in [0, 0.05) is 47.2 Å². The summed E-state index contributed by atoms with van der Waals surface area (Å²) in [6.45, 7) is 2.05. The van der Waals surface area contributed by atoms with Crippen LogP contribution in [0.2, 0.25) is 0 Å². The molecule has 1 aliphatic heterocycles. The molecule has 146 valence electrons. The molecule has 0 amide bonds. The number of likely N-dealkylation sites (N-methyl/N-ethyl adjacent to an activating group) is 1. The van der Waals surface area contributed by atoms with Crippen molar-refractivity contribution in [3.8, 4) is 11.4 Å². The predicted molar refractivity (Wildman–Crippen MR) is 120 cm³/mol. The summed E-state index contributed by atoms with van der Waals surface area (Å²) >= 11 is 3.83. The van der Waals surface area contributed by atoms with Gasteiger partial charge in [0.25, 0.3) is 0 Å². The van der Waals surface area contributed by atoms with Crippen molar-refractivity contribution in [2.45, 2.75) is 30.6 Å². The van der Waals surface area contributed by atoms with Crippen molar-refractivity contribution < 1.29 is 0 Å². The van der Waals surface area contributed by atoms with E-state index in [9.17, 15) is 0 Å². The molecule has 5 rings (SSSR count). The van der Waals surface area contributed by atoms with Crippen LogP contribution in [0.4, 0.5) is 5.82 Å². The fraction of sp³-hybridized carbons (Fsp3) is 0.476.